The lowest BCUT2D eigenvalue weighted by molar-refractivity contribution is -0.00522. The van der Waals surface area contributed by atoms with Crippen molar-refractivity contribution in [2.75, 3.05) is 18.0 Å². The van der Waals surface area contributed by atoms with Crippen LogP contribution in [0, 0.1) is 5.82 Å². The van der Waals surface area contributed by atoms with Crippen molar-refractivity contribution in [1.82, 2.24) is 14.5 Å². The Morgan fingerprint density at radius 3 is 2.76 bits per heavy atom. The van der Waals surface area contributed by atoms with Crippen LogP contribution in [0.15, 0.2) is 59.8 Å². The molecule has 0 amide bonds. The van der Waals surface area contributed by atoms with Crippen molar-refractivity contribution in [2.45, 2.75) is 32.6 Å². The lowest BCUT2D eigenvalue weighted by Crippen LogP contribution is -2.45. The van der Waals surface area contributed by atoms with Gasteiger partial charge in [-0.15, -0.1) is 0 Å². The number of aromatic nitrogens is 3. The van der Waals surface area contributed by atoms with Crippen LogP contribution in [0.4, 0.5) is 10.1 Å². The van der Waals surface area contributed by atoms with E-state index in [0.717, 1.165) is 40.9 Å². The van der Waals surface area contributed by atoms with Gasteiger partial charge < -0.3 is 19.2 Å². The molecule has 0 spiro atoms. The van der Waals surface area contributed by atoms with E-state index in [1.54, 1.807) is 24.4 Å². The second kappa shape index (κ2) is 8.65. The fourth-order valence-corrected chi connectivity index (χ4v) is 4.65. The van der Waals surface area contributed by atoms with E-state index in [2.05, 4.69) is 34.8 Å². The van der Waals surface area contributed by atoms with Crippen molar-refractivity contribution in [1.29, 1.82) is 0 Å². The molecule has 170 valence electrons. The third kappa shape index (κ3) is 4.26. The zero-order valence-corrected chi connectivity index (χ0v) is 19.1. The maximum absolute atomic E-state index is 14.3. The first-order valence-electron chi connectivity index (χ1n) is 10.9. The van der Waals surface area contributed by atoms with Crippen LogP contribution in [-0.2, 0) is 11.3 Å². The number of halogens is 2. The van der Waals surface area contributed by atoms with Gasteiger partial charge in [0.15, 0.2) is 0 Å². The van der Waals surface area contributed by atoms with Crippen molar-refractivity contribution < 1.29 is 9.13 Å². The zero-order chi connectivity index (χ0) is 23.1. The Kier molecular flexibility index (Phi) is 5.68. The smallest absolute Gasteiger partial charge is 0.251 e. The molecule has 5 rings (SSSR count). The number of hydrogen-bond donors (Lipinski definition) is 1. The second-order valence-electron chi connectivity index (χ2n) is 8.55. The number of rotatable bonds is 4. The van der Waals surface area contributed by atoms with Gasteiger partial charge in [-0.25, -0.2) is 9.37 Å². The number of pyridine rings is 2. The van der Waals surface area contributed by atoms with Crippen LogP contribution >= 0.6 is 11.6 Å². The number of anilines is 1. The number of H-pyrrole nitrogens is 1. The fraction of sp³-hybridized carbons (Fsp3) is 0.280. The minimum Gasteiger partial charge on any atom is -0.372 e. The molecule has 0 saturated carbocycles. The highest BCUT2D eigenvalue weighted by Crippen LogP contribution is 2.31. The summed E-state index contributed by atoms with van der Waals surface area (Å²) in [5.41, 5.74) is 3.60. The maximum atomic E-state index is 14.3. The highest BCUT2D eigenvalue weighted by Gasteiger charge is 2.23. The molecule has 33 heavy (non-hydrogen) atoms. The number of aromatic amines is 1. The van der Waals surface area contributed by atoms with Crippen LogP contribution in [-0.4, -0.2) is 39.8 Å². The minimum atomic E-state index is -0.503. The van der Waals surface area contributed by atoms with E-state index in [0.29, 0.717) is 5.56 Å². The molecule has 0 bridgehead atoms. The van der Waals surface area contributed by atoms with Crippen LogP contribution in [0.5, 0.6) is 0 Å². The van der Waals surface area contributed by atoms with Gasteiger partial charge >= 0.3 is 0 Å². The Hall–Kier alpha value is -3.16. The Balaban J connectivity index is 1.47. The summed E-state index contributed by atoms with van der Waals surface area (Å²) >= 11 is 5.87. The number of nitrogens with one attached hydrogen (secondary N) is 1. The quantitative estimate of drug-likeness (QED) is 0.467. The SMILES string of the molecule is C[C@@H]1CN(c2cnc3[nH]cc(-c4ccn(Cc5cccc(Cl)c5F)c(=O)c4)c3c2)C[C@H](C)O1. The number of hydrogen-bond acceptors (Lipinski definition) is 4. The first kappa shape index (κ1) is 21.7. The topological polar surface area (TPSA) is 63.2 Å². The molecule has 8 heteroatoms. The van der Waals surface area contributed by atoms with Crippen LogP contribution in [0.2, 0.25) is 5.02 Å². The molecule has 1 aromatic carbocycles. The zero-order valence-electron chi connectivity index (χ0n) is 18.4. The molecule has 1 saturated heterocycles. The molecule has 0 radical (unpaired) electrons. The average Bonchev–Trinajstić information content (AvgIpc) is 3.21. The Bertz CT molecular complexity index is 1370. The standard InChI is InChI=1S/C25H24ClFN4O2/c1-15-12-31(13-16(2)33-15)19-9-20-21(11-29-25(20)28-10-19)17-6-7-30(23(32)8-17)14-18-4-3-5-22(26)24(18)27/h3-11,15-16H,12-14H2,1-2H3,(H,28,29)/t15-,16+. The molecule has 4 aromatic rings. The lowest BCUT2D eigenvalue weighted by Gasteiger charge is -2.36. The summed E-state index contributed by atoms with van der Waals surface area (Å²) in [4.78, 5) is 22.9. The molecule has 4 heterocycles. The molecule has 0 unspecified atom stereocenters. The monoisotopic (exact) mass is 466 g/mol. The van der Waals surface area contributed by atoms with Crippen molar-refractivity contribution in [3.8, 4) is 11.1 Å². The molecule has 1 aliphatic heterocycles. The highest BCUT2D eigenvalue weighted by atomic mass is 35.5. The van der Waals surface area contributed by atoms with Gasteiger partial charge in [-0.1, -0.05) is 23.7 Å². The Morgan fingerprint density at radius 2 is 2.00 bits per heavy atom. The Morgan fingerprint density at radius 1 is 1.21 bits per heavy atom. The van der Waals surface area contributed by atoms with Crippen molar-refractivity contribution in [3.05, 3.63) is 81.7 Å². The summed E-state index contributed by atoms with van der Waals surface area (Å²) in [5, 5.41) is 0.987. The molecular formula is C25H24ClFN4O2. The number of benzene rings is 1. The van der Waals surface area contributed by atoms with E-state index < -0.39 is 5.82 Å². The van der Waals surface area contributed by atoms with Gasteiger partial charge in [0.25, 0.3) is 5.56 Å². The first-order chi connectivity index (χ1) is 15.9. The summed E-state index contributed by atoms with van der Waals surface area (Å²) < 4.78 is 21.6. The van der Waals surface area contributed by atoms with E-state index in [-0.39, 0.29) is 29.3 Å². The van der Waals surface area contributed by atoms with Gasteiger partial charge in [0.1, 0.15) is 11.5 Å². The molecule has 1 fully saturated rings. The number of fused-ring (bicyclic) bond motifs is 1. The average molecular weight is 467 g/mol. The summed E-state index contributed by atoms with van der Waals surface area (Å²) in [5.74, 6) is -0.503. The lowest BCUT2D eigenvalue weighted by atomic mass is 10.1. The van der Waals surface area contributed by atoms with Gasteiger partial charge in [-0.05, 0) is 37.6 Å². The second-order valence-corrected chi connectivity index (χ2v) is 8.96. The number of morpholine rings is 1. The van der Waals surface area contributed by atoms with Crippen LogP contribution in [0.25, 0.3) is 22.2 Å². The largest absolute Gasteiger partial charge is 0.372 e. The highest BCUT2D eigenvalue weighted by molar-refractivity contribution is 6.30. The van der Waals surface area contributed by atoms with E-state index in [4.69, 9.17) is 16.3 Å². The van der Waals surface area contributed by atoms with Gasteiger partial charge in [-0.3, -0.25) is 4.79 Å². The normalized spacial score (nSPS) is 18.7. The van der Waals surface area contributed by atoms with Crippen molar-refractivity contribution in [2.24, 2.45) is 0 Å². The van der Waals surface area contributed by atoms with Crippen molar-refractivity contribution in [3.63, 3.8) is 0 Å². The third-order valence-corrected chi connectivity index (χ3v) is 6.27. The molecular weight excluding hydrogens is 443 g/mol. The molecule has 6 nitrogen and oxygen atoms in total. The number of ether oxygens (including phenoxy) is 1. The molecule has 1 N–H and O–H groups in total. The van der Waals surface area contributed by atoms with E-state index in [1.165, 1.54) is 10.6 Å². The molecule has 1 aliphatic rings. The number of nitrogens with zero attached hydrogens (tertiary/aromatic N) is 3. The molecule has 0 aliphatic carbocycles. The van der Waals surface area contributed by atoms with E-state index in [1.807, 2.05) is 18.5 Å². The van der Waals surface area contributed by atoms with E-state index >= 15 is 0 Å². The predicted molar refractivity (Wildman–Crippen MR) is 129 cm³/mol. The van der Waals surface area contributed by atoms with Gasteiger partial charge in [0, 0.05) is 48.1 Å². The predicted octanol–water partition coefficient (Wildman–Crippen LogP) is 4.85. The maximum Gasteiger partial charge on any atom is 0.251 e. The molecule has 3 aromatic heterocycles. The summed E-state index contributed by atoms with van der Waals surface area (Å²) in [6.07, 6.45) is 5.70. The minimum absolute atomic E-state index is 0.0447. The van der Waals surface area contributed by atoms with Crippen LogP contribution < -0.4 is 10.5 Å². The summed E-state index contributed by atoms with van der Waals surface area (Å²) in [6.45, 7) is 5.85. The van der Waals surface area contributed by atoms with E-state index in [9.17, 15) is 9.18 Å². The summed E-state index contributed by atoms with van der Waals surface area (Å²) in [7, 11) is 0. The summed E-state index contributed by atoms with van der Waals surface area (Å²) in [6, 6.07) is 10.3. The van der Waals surface area contributed by atoms with Gasteiger partial charge in [0.05, 0.1) is 35.7 Å². The van der Waals surface area contributed by atoms with Crippen molar-refractivity contribution >= 4 is 28.3 Å². The third-order valence-electron chi connectivity index (χ3n) is 5.98. The Labute approximate surface area is 195 Å². The first-order valence-corrected chi connectivity index (χ1v) is 11.3. The van der Waals surface area contributed by atoms with Crippen LogP contribution in [0.1, 0.15) is 19.4 Å². The van der Waals surface area contributed by atoms with Gasteiger partial charge in [0.2, 0.25) is 0 Å². The molecule has 2 atom stereocenters. The van der Waals surface area contributed by atoms with Gasteiger partial charge in [-0.2, -0.15) is 0 Å². The van der Waals surface area contributed by atoms with Crippen LogP contribution in [0.3, 0.4) is 0 Å². The fourth-order valence-electron chi connectivity index (χ4n) is 4.45.